The Morgan fingerprint density at radius 2 is 1.84 bits per heavy atom. The quantitative estimate of drug-likeness (QED) is 0.887. The molecule has 106 valence electrons. The van der Waals surface area contributed by atoms with Gasteiger partial charge in [-0.25, -0.2) is 0 Å². The van der Waals surface area contributed by atoms with E-state index in [9.17, 15) is 18.3 Å². The molecule has 1 aromatic carbocycles. The second-order valence-electron chi connectivity index (χ2n) is 4.99. The van der Waals surface area contributed by atoms with Gasteiger partial charge in [0.15, 0.2) is 0 Å². The van der Waals surface area contributed by atoms with Crippen molar-refractivity contribution in [2.24, 2.45) is 0 Å². The van der Waals surface area contributed by atoms with Crippen molar-refractivity contribution in [3.63, 3.8) is 0 Å². The van der Waals surface area contributed by atoms with Crippen molar-refractivity contribution in [2.75, 3.05) is 0 Å². The fourth-order valence-corrected chi connectivity index (χ4v) is 2.54. The summed E-state index contributed by atoms with van der Waals surface area (Å²) in [5, 5.41) is 12.8. The molecule has 0 spiro atoms. The third kappa shape index (κ3) is 3.70. The summed E-state index contributed by atoms with van der Waals surface area (Å²) in [5.41, 5.74) is -0.374. The average molecular weight is 273 g/mol. The summed E-state index contributed by atoms with van der Waals surface area (Å²) < 4.78 is 38.4. The van der Waals surface area contributed by atoms with Gasteiger partial charge in [-0.15, -0.1) is 0 Å². The van der Waals surface area contributed by atoms with E-state index in [1.165, 1.54) is 12.1 Å². The van der Waals surface area contributed by atoms with Gasteiger partial charge in [0.2, 0.25) is 0 Å². The van der Waals surface area contributed by atoms with Crippen LogP contribution in [0.15, 0.2) is 24.3 Å². The second-order valence-corrected chi connectivity index (χ2v) is 4.99. The Kier molecular flexibility index (Phi) is 4.47. The number of aliphatic hydroxyl groups is 1. The van der Waals surface area contributed by atoms with Gasteiger partial charge in [-0.1, -0.05) is 31.0 Å². The van der Waals surface area contributed by atoms with Crippen molar-refractivity contribution in [3.8, 4) is 0 Å². The van der Waals surface area contributed by atoms with E-state index < -0.39 is 17.8 Å². The molecule has 2 atom stereocenters. The lowest BCUT2D eigenvalue weighted by molar-refractivity contribution is -0.138. The normalized spacial score (nSPS) is 24.4. The molecule has 1 fully saturated rings. The first kappa shape index (κ1) is 14.3. The van der Waals surface area contributed by atoms with Gasteiger partial charge in [0, 0.05) is 12.6 Å². The van der Waals surface area contributed by atoms with Gasteiger partial charge >= 0.3 is 6.18 Å². The molecule has 19 heavy (non-hydrogen) atoms. The maximum atomic E-state index is 12.8. The number of rotatable bonds is 3. The number of benzene rings is 1. The minimum Gasteiger partial charge on any atom is -0.392 e. The van der Waals surface area contributed by atoms with Gasteiger partial charge in [-0.2, -0.15) is 13.2 Å². The third-order valence-corrected chi connectivity index (χ3v) is 3.61. The van der Waals surface area contributed by atoms with E-state index in [4.69, 9.17) is 0 Å². The fourth-order valence-electron chi connectivity index (χ4n) is 2.54. The molecule has 1 aliphatic rings. The van der Waals surface area contributed by atoms with Gasteiger partial charge in [0.05, 0.1) is 11.7 Å². The Bertz CT molecular complexity index is 419. The Hall–Kier alpha value is -1.07. The zero-order valence-corrected chi connectivity index (χ0v) is 10.6. The van der Waals surface area contributed by atoms with Crippen LogP contribution in [0.25, 0.3) is 0 Å². The molecule has 0 heterocycles. The molecule has 0 aromatic heterocycles. The standard InChI is InChI=1S/C14H18F3NO/c15-14(16,17)11-6-2-1-5-10(11)9-18-12-7-3-4-8-13(12)19/h1-2,5-6,12-13,18-19H,3-4,7-9H2. The lowest BCUT2D eigenvalue weighted by Crippen LogP contribution is -2.41. The van der Waals surface area contributed by atoms with Gasteiger partial charge in [0.1, 0.15) is 0 Å². The molecule has 1 aliphatic carbocycles. The first-order valence-corrected chi connectivity index (χ1v) is 6.55. The van der Waals surface area contributed by atoms with Crippen LogP contribution in [0.5, 0.6) is 0 Å². The van der Waals surface area contributed by atoms with Crippen molar-refractivity contribution in [2.45, 2.75) is 50.6 Å². The van der Waals surface area contributed by atoms with E-state index in [2.05, 4.69) is 5.32 Å². The highest BCUT2D eigenvalue weighted by molar-refractivity contribution is 5.29. The number of halogens is 3. The molecule has 2 rings (SSSR count). The van der Waals surface area contributed by atoms with Gasteiger partial charge in [0.25, 0.3) is 0 Å². The predicted octanol–water partition coefficient (Wildman–Crippen LogP) is 3.10. The predicted molar refractivity (Wildman–Crippen MR) is 66.5 cm³/mol. The zero-order valence-electron chi connectivity index (χ0n) is 10.6. The minimum atomic E-state index is -4.33. The average Bonchev–Trinajstić information content (AvgIpc) is 2.37. The molecule has 1 saturated carbocycles. The zero-order chi connectivity index (χ0) is 13.9. The summed E-state index contributed by atoms with van der Waals surface area (Å²) in [5.74, 6) is 0. The van der Waals surface area contributed by atoms with E-state index in [1.54, 1.807) is 6.07 Å². The van der Waals surface area contributed by atoms with Crippen LogP contribution in [-0.2, 0) is 12.7 Å². The maximum Gasteiger partial charge on any atom is 0.416 e. The first-order chi connectivity index (χ1) is 8.98. The number of nitrogens with one attached hydrogen (secondary N) is 1. The van der Waals surface area contributed by atoms with Crippen LogP contribution in [0.4, 0.5) is 13.2 Å². The molecule has 0 radical (unpaired) electrons. The van der Waals surface area contributed by atoms with Crippen LogP contribution in [0, 0.1) is 0 Å². The van der Waals surface area contributed by atoms with Crippen molar-refractivity contribution >= 4 is 0 Å². The smallest absolute Gasteiger partial charge is 0.392 e. The van der Waals surface area contributed by atoms with E-state index in [-0.39, 0.29) is 18.2 Å². The molecule has 2 unspecified atom stereocenters. The molecule has 2 nitrogen and oxygen atoms in total. The SMILES string of the molecule is OC1CCCCC1NCc1ccccc1C(F)(F)F. The summed E-state index contributed by atoms with van der Waals surface area (Å²) in [6.07, 6.45) is -1.25. The Labute approximate surface area is 110 Å². The lowest BCUT2D eigenvalue weighted by atomic mass is 9.92. The Morgan fingerprint density at radius 3 is 2.53 bits per heavy atom. The highest BCUT2D eigenvalue weighted by Gasteiger charge is 2.33. The number of aliphatic hydroxyl groups excluding tert-OH is 1. The molecule has 5 heteroatoms. The number of hydrogen-bond donors (Lipinski definition) is 2. The largest absolute Gasteiger partial charge is 0.416 e. The van der Waals surface area contributed by atoms with Crippen LogP contribution in [0.1, 0.15) is 36.8 Å². The third-order valence-electron chi connectivity index (χ3n) is 3.61. The molecule has 0 saturated heterocycles. The van der Waals surface area contributed by atoms with Crippen molar-refractivity contribution in [1.29, 1.82) is 0 Å². The number of hydrogen-bond acceptors (Lipinski definition) is 2. The monoisotopic (exact) mass is 273 g/mol. The first-order valence-electron chi connectivity index (χ1n) is 6.55. The highest BCUT2D eigenvalue weighted by Crippen LogP contribution is 2.32. The van der Waals surface area contributed by atoms with Crippen LogP contribution in [0.2, 0.25) is 0 Å². The van der Waals surface area contributed by atoms with Gasteiger partial charge in [-0.05, 0) is 24.5 Å². The van der Waals surface area contributed by atoms with Crippen molar-refractivity contribution in [3.05, 3.63) is 35.4 Å². The summed E-state index contributed by atoms with van der Waals surface area (Å²) in [7, 11) is 0. The van der Waals surface area contributed by atoms with E-state index >= 15 is 0 Å². The van der Waals surface area contributed by atoms with Gasteiger partial charge in [-0.3, -0.25) is 0 Å². The maximum absolute atomic E-state index is 12.8. The molecule has 0 amide bonds. The Morgan fingerprint density at radius 1 is 1.16 bits per heavy atom. The van der Waals surface area contributed by atoms with Crippen LogP contribution in [0.3, 0.4) is 0 Å². The summed E-state index contributed by atoms with van der Waals surface area (Å²) in [4.78, 5) is 0. The van der Waals surface area contributed by atoms with Crippen molar-refractivity contribution < 1.29 is 18.3 Å². The van der Waals surface area contributed by atoms with Crippen LogP contribution in [-0.4, -0.2) is 17.3 Å². The molecule has 1 aromatic rings. The highest BCUT2D eigenvalue weighted by atomic mass is 19.4. The summed E-state index contributed by atoms with van der Waals surface area (Å²) >= 11 is 0. The van der Waals surface area contributed by atoms with Crippen LogP contribution < -0.4 is 5.32 Å². The second kappa shape index (κ2) is 5.92. The molecule has 0 bridgehead atoms. The molecular formula is C14H18F3NO. The van der Waals surface area contributed by atoms with E-state index in [0.29, 0.717) is 0 Å². The summed E-state index contributed by atoms with van der Waals surface area (Å²) in [6.45, 7) is 0.136. The number of alkyl halides is 3. The minimum absolute atomic E-state index is 0.102. The molecule has 2 N–H and O–H groups in total. The summed E-state index contributed by atoms with van der Waals surface area (Å²) in [6, 6.07) is 5.46. The molecule has 0 aliphatic heterocycles. The van der Waals surface area contributed by atoms with E-state index in [0.717, 1.165) is 31.7 Å². The molecular weight excluding hydrogens is 255 g/mol. The van der Waals surface area contributed by atoms with Crippen molar-refractivity contribution in [1.82, 2.24) is 5.32 Å². The van der Waals surface area contributed by atoms with E-state index in [1.807, 2.05) is 0 Å². The fraction of sp³-hybridized carbons (Fsp3) is 0.571. The Balaban J connectivity index is 2.03. The lowest BCUT2D eigenvalue weighted by Gasteiger charge is -2.29. The van der Waals surface area contributed by atoms with Crippen LogP contribution >= 0.6 is 0 Å². The van der Waals surface area contributed by atoms with Gasteiger partial charge < -0.3 is 10.4 Å². The topological polar surface area (TPSA) is 32.3 Å².